The Kier molecular flexibility index (Phi) is 2.65. The molecular formula is C12H14N2O4. The van der Waals surface area contributed by atoms with Crippen LogP contribution in [0.5, 0.6) is 5.75 Å². The number of phenolic OH excluding ortho intramolecular Hbond substituents is 1. The Morgan fingerprint density at radius 1 is 1.39 bits per heavy atom. The van der Waals surface area contributed by atoms with Gasteiger partial charge in [-0.1, -0.05) is 6.07 Å². The second-order valence-corrected chi connectivity index (χ2v) is 4.93. The molecule has 0 fully saturated rings. The number of ether oxygens (including phenoxy) is 1. The third-order valence-corrected chi connectivity index (χ3v) is 2.28. The van der Waals surface area contributed by atoms with Gasteiger partial charge in [0, 0.05) is 0 Å². The van der Waals surface area contributed by atoms with E-state index in [4.69, 9.17) is 4.74 Å². The number of hydrogen-bond donors (Lipinski definition) is 2. The van der Waals surface area contributed by atoms with Crippen LogP contribution in [0.15, 0.2) is 23.0 Å². The molecule has 2 aromatic rings. The molecule has 1 heterocycles. The zero-order valence-electron chi connectivity index (χ0n) is 10.4. The zero-order valence-corrected chi connectivity index (χ0v) is 10.4. The predicted molar refractivity (Wildman–Crippen MR) is 65.9 cm³/mol. The largest absolute Gasteiger partial charge is 0.507 e. The van der Waals surface area contributed by atoms with Crippen molar-refractivity contribution < 1.29 is 14.6 Å². The number of aromatic amines is 1. The summed E-state index contributed by atoms with van der Waals surface area (Å²) >= 11 is 0. The first-order valence-electron chi connectivity index (χ1n) is 5.45. The summed E-state index contributed by atoms with van der Waals surface area (Å²) in [6, 6.07) is 4.49. The number of fused-ring (bicyclic) bond motifs is 1. The second-order valence-electron chi connectivity index (χ2n) is 4.93. The van der Waals surface area contributed by atoms with Crippen LogP contribution < -0.4 is 5.56 Å². The van der Waals surface area contributed by atoms with Crippen LogP contribution in [0.4, 0.5) is 4.79 Å². The van der Waals surface area contributed by atoms with Crippen LogP contribution in [0.25, 0.3) is 10.9 Å². The van der Waals surface area contributed by atoms with Gasteiger partial charge in [0.05, 0.1) is 5.52 Å². The number of hydrogen-bond acceptors (Lipinski definition) is 4. The summed E-state index contributed by atoms with van der Waals surface area (Å²) in [5.41, 5.74) is -0.912. The first kappa shape index (κ1) is 12.2. The number of carbonyl (C=O) groups is 1. The topological polar surface area (TPSA) is 84.3 Å². The summed E-state index contributed by atoms with van der Waals surface area (Å²) in [6.07, 6.45) is -0.694. The zero-order chi connectivity index (χ0) is 13.5. The van der Waals surface area contributed by atoms with Gasteiger partial charge >= 0.3 is 6.09 Å². The molecule has 1 aromatic carbocycles. The first-order valence-corrected chi connectivity index (χ1v) is 5.45. The molecule has 2 rings (SSSR count). The molecule has 6 heteroatoms. The maximum absolute atomic E-state index is 11.9. The van der Waals surface area contributed by atoms with Crippen LogP contribution in [-0.4, -0.2) is 26.6 Å². The Bertz CT molecular complexity index is 661. The Morgan fingerprint density at radius 3 is 2.67 bits per heavy atom. The second kappa shape index (κ2) is 3.90. The SMILES string of the molecule is CC(C)(C)OC(=O)n1[nH]c(=O)c2c(O)cccc21. The lowest BCUT2D eigenvalue weighted by Gasteiger charge is -2.19. The van der Waals surface area contributed by atoms with Gasteiger partial charge in [-0.3, -0.25) is 9.89 Å². The minimum Gasteiger partial charge on any atom is -0.507 e. The number of carbonyl (C=O) groups excluding carboxylic acids is 1. The Balaban J connectivity index is 2.57. The number of rotatable bonds is 0. The van der Waals surface area contributed by atoms with E-state index < -0.39 is 17.3 Å². The van der Waals surface area contributed by atoms with Crippen molar-refractivity contribution in [3.05, 3.63) is 28.6 Å². The van der Waals surface area contributed by atoms with Crippen molar-refractivity contribution >= 4 is 17.0 Å². The molecule has 18 heavy (non-hydrogen) atoms. The van der Waals surface area contributed by atoms with Crippen molar-refractivity contribution in [3.8, 4) is 5.75 Å². The van der Waals surface area contributed by atoms with E-state index in [0.717, 1.165) is 4.68 Å². The number of benzene rings is 1. The van der Waals surface area contributed by atoms with E-state index in [1.54, 1.807) is 32.9 Å². The lowest BCUT2D eigenvalue weighted by molar-refractivity contribution is 0.0522. The number of nitrogens with zero attached hydrogens (tertiary/aromatic N) is 1. The van der Waals surface area contributed by atoms with Gasteiger partial charge < -0.3 is 9.84 Å². The molecule has 6 nitrogen and oxygen atoms in total. The number of aromatic hydroxyl groups is 1. The van der Waals surface area contributed by atoms with Gasteiger partial charge in [0.25, 0.3) is 5.56 Å². The summed E-state index contributed by atoms with van der Waals surface area (Å²) in [5.74, 6) is -0.170. The minimum atomic E-state index is -0.694. The molecule has 0 atom stereocenters. The van der Waals surface area contributed by atoms with Crippen LogP contribution in [0.2, 0.25) is 0 Å². The summed E-state index contributed by atoms with van der Waals surface area (Å²) in [7, 11) is 0. The van der Waals surface area contributed by atoms with E-state index in [9.17, 15) is 14.7 Å². The van der Waals surface area contributed by atoms with Crippen LogP contribution in [-0.2, 0) is 4.74 Å². The van der Waals surface area contributed by atoms with Crippen LogP contribution >= 0.6 is 0 Å². The van der Waals surface area contributed by atoms with Gasteiger partial charge in [-0.25, -0.2) is 4.79 Å². The smallest absolute Gasteiger partial charge is 0.434 e. The van der Waals surface area contributed by atoms with E-state index >= 15 is 0 Å². The maximum Gasteiger partial charge on any atom is 0.434 e. The average Bonchev–Trinajstić information content (AvgIpc) is 2.55. The van der Waals surface area contributed by atoms with Crippen molar-refractivity contribution in [3.63, 3.8) is 0 Å². The summed E-state index contributed by atoms with van der Waals surface area (Å²) in [5, 5.41) is 12.0. The van der Waals surface area contributed by atoms with E-state index in [1.807, 2.05) is 0 Å². The van der Waals surface area contributed by atoms with Gasteiger partial charge in [0.2, 0.25) is 0 Å². The van der Waals surface area contributed by atoms with Crippen molar-refractivity contribution in [1.29, 1.82) is 0 Å². The highest BCUT2D eigenvalue weighted by atomic mass is 16.6. The summed E-state index contributed by atoms with van der Waals surface area (Å²) in [6.45, 7) is 5.19. The molecule has 0 unspecified atom stereocenters. The fourth-order valence-electron chi connectivity index (χ4n) is 1.62. The van der Waals surface area contributed by atoms with E-state index in [2.05, 4.69) is 5.10 Å². The van der Waals surface area contributed by atoms with E-state index in [1.165, 1.54) is 6.07 Å². The first-order chi connectivity index (χ1) is 8.29. The normalized spacial score (nSPS) is 11.7. The van der Waals surface area contributed by atoms with Gasteiger partial charge in [-0.15, -0.1) is 0 Å². The molecular weight excluding hydrogens is 236 g/mol. The fraction of sp³-hybridized carbons (Fsp3) is 0.333. The molecule has 0 saturated heterocycles. The highest BCUT2D eigenvalue weighted by Gasteiger charge is 2.21. The highest BCUT2D eigenvalue weighted by molar-refractivity contribution is 5.91. The summed E-state index contributed by atoms with van der Waals surface area (Å²) < 4.78 is 6.15. The van der Waals surface area contributed by atoms with E-state index in [-0.39, 0.29) is 16.7 Å². The third-order valence-electron chi connectivity index (χ3n) is 2.28. The number of phenols is 1. The standard InChI is InChI=1S/C12H14N2O4/c1-12(2,3)18-11(17)14-7-5-4-6-8(15)9(7)10(16)13-14/h4-6,15H,1-3H3,(H,13,16). The lowest BCUT2D eigenvalue weighted by atomic mass is 10.2. The molecule has 0 radical (unpaired) electrons. The molecule has 2 N–H and O–H groups in total. The Labute approximate surface area is 103 Å². The highest BCUT2D eigenvalue weighted by Crippen LogP contribution is 2.21. The molecule has 0 amide bonds. The number of aromatic nitrogens is 2. The molecule has 96 valence electrons. The monoisotopic (exact) mass is 250 g/mol. The van der Waals surface area contributed by atoms with Crippen molar-refractivity contribution in [2.75, 3.05) is 0 Å². The molecule has 0 saturated carbocycles. The maximum atomic E-state index is 11.9. The Hall–Kier alpha value is -2.24. The van der Waals surface area contributed by atoms with Gasteiger partial charge in [0.1, 0.15) is 16.7 Å². The predicted octanol–water partition coefficient (Wildman–Crippen LogP) is 1.82. The molecule has 0 spiro atoms. The van der Waals surface area contributed by atoms with Gasteiger partial charge in [-0.2, -0.15) is 4.68 Å². The van der Waals surface area contributed by atoms with Crippen LogP contribution in [0, 0.1) is 0 Å². The Morgan fingerprint density at radius 2 is 2.06 bits per heavy atom. The van der Waals surface area contributed by atoms with E-state index in [0.29, 0.717) is 0 Å². The van der Waals surface area contributed by atoms with Crippen molar-refractivity contribution in [2.24, 2.45) is 0 Å². The van der Waals surface area contributed by atoms with Gasteiger partial charge in [-0.05, 0) is 32.9 Å². The quantitative estimate of drug-likeness (QED) is 0.746. The molecule has 0 aliphatic carbocycles. The van der Waals surface area contributed by atoms with Crippen LogP contribution in [0.1, 0.15) is 20.8 Å². The van der Waals surface area contributed by atoms with Crippen molar-refractivity contribution in [1.82, 2.24) is 9.78 Å². The third kappa shape index (κ3) is 2.09. The minimum absolute atomic E-state index is 0.0726. The van der Waals surface area contributed by atoms with Gasteiger partial charge in [0.15, 0.2) is 0 Å². The average molecular weight is 250 g/mol. The molecule has 0 aliphatic heterocycles. The lowest BCUT2D eigenvalue weighted by Crippen LogP contribution is -2.28. The molecule has 0 aliphatic rings. The fourth-order valence-corrected chi connectivity index (χ4v) is 1.62. The number of H-pyrrole nitrogens is 1. The van der Waals surface area contributed by atoms with Crippen molar-refractivity contribution in [2.45, 2.75) is 26.4 Å². The number of nitrogens with one attached hydrogen (secondary N) is 1. The van der Waals surface area contributed by atoms with Crippen LogP contribution in [0.3, 0.4) is 0 Å². The summed E-state index contributed by atoms with van der Waals surface area (Å²) in [4.78, 5) is 23.5. The molecule has 0 bridgehead atoms. The molecule has 1 aromatic heterocycles.